The molecule has 5 nitrogen and oxygen atoms in total. The molecule has 1 atom stereocenters. The smallest absolute Gasteiger partial charge is 0.339 e. The van der Waals surface area contributed by atoms with Crippen LogP contribution in [0.2, 0.25) is 0 Å². The van der Waals surface area contributed by atoms with E-state index in [0.29, 0.717) is 31.0 Å². The lowest BCUT2D eigenvalue weighted by molar-refractivity contribution is -0.144. The van der Waals surface area contributed by atoms with Gasteiger partial charge >= 0.3 is 6.18 Å². The molecular weight excluding hydrogens is 309 g/mol. The van der Waals surface area contributed by atoms with Crippen LogP contribution in [0.25, 0.3) is 0 Å². The monoisotopic (exact) mass is 330 g/mol. The van der Waals surface area contributed by atoms with Crippen molar-refractivity contribution >= 4 is 5.91 Å². The summed E-state index contributed by atoms with van der Waals surface area (Å²) in [5.41, 5.74) is 0. The van der Waals surface area contributed by atoms with Crippen LogP contribution in [-0.4, -0.2) is 44.3 Å². The molecule has 1 aromatic rings. The minimum Gasteiger partial charge on any atom is -0.339 e. The second-order valence-corrected chi connectivity index (χ2v) is 6.51. The Morgan fingerprint density at radius 3 is 2.57 bits per heavy atom. The number of alkyl halides is 3. The first-order valence-corrected chi connectivity index (χ1v) is 8.11. The highest BCUT2D eigenvalue weighted by Gasteiger charge is 2.37. The van der Waals surface area contributed by atoms with E-state index in [4.69, 9.17) is 0 Å². The molecule has 0 radical (unpaired) electrons. The molecule has 2 aliphatic rings. The maximum Gasteiger partial charge on any atom is 0.408 e. The first-order chi connectivity index (χ1) is 10.8. The van der Waals surface area contributed by atoms with Crippen LogP contribution in [0.5, 0.6) is 0 Å². The number of carbonyl (C=O) groups excluding carboxylic acids is 1. The fourth-order valence-electron chi connectivity index (χ4n) is 3.71. The summed E-state index contributed by atoms with van der Waals surface area (Å²) in [6.07, 6.45) is 0.798. The van der Waals surface area contributed by atoms with Gasteiger partial charge in [-0.25, -0.2) is 9.67 Å². The van der Waals surface area contributed by atoms with Gasteiger partial charge in [0.05, 0.1) is 0 Å². The summed E-state index contributed by atoms with van der Waals surface area (Å²) in [6, 6.07) is 0.241. The number of halogens is 3. The van der Waals surface area contributed by atoms with Crippen molar-refractivity contribution in [1.82, 2.24) is 19.7 Å². The molecule has 8 heteroatoms. The molecule has 0 N–H and O–H groups in total. The maximum absolute atomic E-state index is 12.7. The van der Waals surface area contributed by atoms with Crippen molar-refractivity contribution in [3.05, 3.63) is 11.6 Å². The predicted octanol–water partition coefficient (Wildman–Crippen LogP) is 2.80. The zero-order valence-corrected chi connectivity index (χ0v) is 13.1. The van der Waals surface area contributed by atoms with Crippen LogP contribution in [0.4, 0.5) is 13.2 Å². The van der Waals surface area contributed by atoms with Gasteiger partial charge in [-0.3, -0.25) is 4.79 Å². The van der Waals surface area contributed by atoms with Gasteiger partial charge in [0.25, 0.3) is 0 Å². The molecular formula is C15H21F3N4O. The number of hydrogen-bond acceptors (Lipinski definition) is 3. The van der Waals surface area contributed by atoms with Crippen molar-refractivity contribution in [2.24, 2.45) is 0 Å². The molecule has 0 unspecified atom stereocenters. The van der Waals surface area contributed by atoms with Gasteiger partial charge in [0.2, 0.25) is 5.91 Å². The highest BCUT2D eigenvalue weighted by molar-refractivity contribution is 5.77. The van der Waals surface area contributed by atoms with Crippen molar-refractivity contribution in [2.75, 3.05) is 6.54 Å². The van der Waals surface area contributed by atoms with Gasteiger partial charge in [-0.2, -0.15) is 18.3 Å². The van der Waals surface area contributed by atoms with Gasteiger partial charge in [-0.1, -0.05) is 12.8 Å². The zero-order valence-electron chi connectivity index (χ0n) is 13.1. The summed E-state index contributed by atoms with van der Waals surface area (Å²) in [5.74, 6) is 0.646. The van der Waals surface area contributed by atoms with Crippen LogP contribution < -0.4 is 0 Å². The molecule has 1 saturated heterocycles. The third-order valence-electron chi connectivity index (χ3n) is 4.71. The fraction of sp³-hybridized carbons (Fsp3) is 0.800. The van der Waals surface area contributed by atoms with Gasteiger partial charge in [0, 0.05) is 24.9 Å². The molecule has 0 spiro atoms. The van der Waals surface area contributed by atoms with Crippen molar-refractivity contribution in [3.8, 4) is 0 Å². The van der Waals surface area contributed by atoms with Crippen LogP contribution in [0.1, 0.15) is 56.1 Å². The predicted molar refractivity (Wildman–Crippen MR) is 76.8 cm³/mol. The molecule has 2 fully saturated rings. The van der Waals surface area contributed by atoms with Crippen LogP contribution in [0.3, 0.4) is 0 Å². The third-order valence-corrected chi connectivity index (χ3v) is 4.71. The Morgan fingerprint density at radius 1 is 1.22 bits per heavy atom. The molecule has 1 aliphatic heterocycles. The normalized spacial score (nSPS) is 23.7. The van der Waals surface area contributed by atoms with E-state index < -0.39 is 12.7 Å². The van der Waals surface area contributed by atoms with Crippen molar-refractivity contribution in [1.29, 1.82) is 0 Å². The largest absolute Gasteiger partial charge is 0.408 e. The van der Waals surface area contributed by atoms with Gasteiger partial charge in [-0.05, 0) is 26.2 Å². The average molecular weight is 330 g/mol. The molecule has 0 aromatic carbocycles. The van der Waals surface area contributed by atoms with Crippen molar-refractivity contribution in [2.45, 2.75) is 70.1 Å². The Hall–Kier alpha value is -1.60. The molecule has 3 rings (SSSR count). The summed E-state index contributed by atoms with van der Waals surface area (Å²) in [4.78, 5) is 18.3. The summed E-state index contributed by atoms with van der Waals surface area (Å²) >= 11 is 0. The fourth-order valence-corrected chi connectivity index (χ4v) is 3.71. The topological polar surface area (TPSA) is 51.0 Å². The highest BCUT2D eigenvalue weighted by atomic mass is 19.4. The number of aromatic nitrogens is 3. The average Bonchev–Trinajstić information content (AvgIpc) is 3.07. The van der Waals surface area contributed by atoms with E-state index in [2.05, 4.69) is 10.1 Å². The Balaban J connectivity index is 1.80. The third kappa shape index (κ3) is 3.67. The van der Waals surface area contributed by atoms with Crippen molar-refractivity contribution < 1.29 is 18.0 Å². The molecule has 1 amide bonds. The van der Waals surface area contributed by atoms with Crippen LogP contribution in [0.15, 0.2) is 0 Å². The second kappa shape index (κ2) is 6.13. The number of piperidine rings is 1. The quantitative estimate of drug-likeness (QED) is 0.856. The van der Waals surface area contributed by atoms with Crippen LogP contribution in [-0.2, 0) is 11.3 Å². The number of carbonyl (C=O) groups is 1. The van der Waals surface area contributed by atoms with E-state index in [1.807, 2.05) is 4.90 Å². The van der Waals surface area contributed by atoms with Crippen LogP contribution >= 0.6 is 0 Å². The minimum atomic E-state index is -4.33. The standard InChI is InChI=1S/C15H21F3N4O/c1-10-19-14(22(20-10)9-15(16,17)18)11-6-7-13(23)21(8-11)12-4-2-3-5-12/h11-12H,2-9H2,1H3/t11-/m0/s1. The molecule has 0 bridgehead atoms. The maximum atomic E-state index is 12.7. The van der Waals surface area contributed by atoms with E-state index in [1.54, 1.807) is 6.92 Å². The lowest BCUT2D eigenvalue weighted by Crippen LogP contribution is -2.45. The number of hydrogen-bond donors (Lipinski definition) is 0. The van der Waals surface area contributed by atoms with E-state index in [-0.39, 0.29) is 17.9 Å². The molecule has 23 heavy (non-hydrogen) atoms. The van der Waals surface area contributed by atoms with E-state index >= 15 is 0 Å². The molecule has 1 saturated carbocycles. The first kappa shape index (κ1) is 16.3. The van der Waals surface area contributed by atoms with Gasteiger partial charge in [0.1, 0.15) is 18.2 Å². The number of aryl methyl sites for hydroxylation is 1. The lowest BCUT2D eigenvalue weighted by Gasteiger charge is -2.36. The number of nitrogens with zero attached hydrogens (tertiary/aromatic N) is 4. The Labute approximate surface area is 132 Å². The van der Waals surface area contributed by atoms with E-state index in [0.717, 1.165) is 30.4 Å². The summed E-state index contributed by atoms with van der Waals surface area (Å²) in [5, 5.41) is 3.89. The van der Waals surface area contributed by atoms with Gasteiger partial charge < -0.3 is 4.90 Å². The van der Waals surface area contributed by atoms with E-state index in [1.165, 1.54) is 0 Å². The first-order valence-electron chi connectivity index (χ1n) is 8.11. The molecule has 128 valence electrons. The van der Waals surface area contributed by atoms with Gasteiger partial charge in [-0.15, -0.1) is 0 Å². The lowest BCUT2D eigenvalue weighted by atomic mass is 9.95. The van der Waals surface area contributed by atoms with Gasteiger partial charge in [0.15, 0.2) is 0 Å². The summed E-state index contributed by atoms with van der Waals surface area (Å²) in [6.45, 7) is 0.926. The number of amides is 1. The molecule has 2 heterocycles. The second-order valence-electron chi connectivity index (χ2n) is 6.51. The molecule has 1 aromatic heterocycles. The minimum absolute atomic E-state index is 0.117. The Morgan fingerprint density at radius 2 is 1.91 bits per heavy atom. The van der Waals surface area contributed by atoms with Crippen LogP contribution in [0, 0.1) is 6.92 Å². The SMILES string of the molecule is Cc1nc([C@H]2CCC(=O)N(C3CCCC3)C2)n(CC(F)(F)F)n1. The van der Waals surface area contributed by atoms with Crippen molar-refractivity contribution in [3.63, 3.8) is 0 Å². The molecule has 1 aliphatic carbocycles. The Bertz CT molecular complexity index is 578. The number of likely N-dealkylation sites (tertiary alicyclic amines) is 1. The number of rotatable bonds is 3. The summed E-state index contributed by atoms with van der Waals surface area (Å²) < 4.78 is 39.1. The Kier molecular flexibility index (Phi) is 4.33. The highest BCUT2D eigenvalue weighted by Crippen LogP contribution is 2.33. The zero-order chi connectivity index (χ0) is 16.6. The van der Waals surface area contributed by atoms with E-state index in [9.17, 15) is 18.0 Å². The summed E-state index contributed by atoms with van der Waals surface area (Å²) in [7, 11) is 0.